The molecule has 1 aliphatic heterocycles. The number of rotatable bonds is 0. The van der Waals surface area contributed by atoms with Crippen molar-refractivity contribution >= 4 is 11.7 Å². The first-order valence-corrected chi connectivity index (χ1v) is 5.05. The van der Waals surface area contributed by atoms with Gasteiger partial charge in [0.15, 0.2) is 0 Å². The van der Waals surface area contributed by atoms with Crippen LogP contribution in [0.25, 0.3) is 0 Å². The van der Waals surface area contributed by atoms with Gasteiger partial charge in [0.05, 0.1) is 5.71 Å². The van der Waals surface area contributed by atoms with E-state index in [0.717, 1.165) is 12.1 Å². The quantitative estimate of drug-likeness (QED) is 0.436. The van der Waals surface area contributed by atoms with Gasteiger partial charge < -0.3 is 4.84 Å². The topological polar surface area (TPSA) is 38.7 Å². The summed E-state index contributed by atoms with van der Waals surface area (Å²) in [5.74, 6) is 0.628. The van der Waals surface area contributed by atoms with Crippen LogP contribution in [0.2, 0.25) is 0 Å². The second-order valence-corrected chi connectivity index (χ2v) is 4.35. The van der Waals surface area contributed by atoms with Crippen molar-refractivity contribution in [1.82, 2.24) is 0 Å². The third-order valence-corrected chi connectivity index (χ3v) is 3.40. The molecule has 3 nitrogen and oxygen atoms in total. The largest absolute Gasteiger partial charge is 0.347 e. The van der Waals surface area contributed by atoms with E-state index in [1.54, 1.807) is 0 Å². The molecule has 0 spiro atoms. The highest BCUT2D eigenvalue weighted by atomic mass is 16.7. The molecule has 2 rings (SSSR count). The van der Waals surface area contributed by atoms with Crippen LogP contribution in [-0.4, -0.2) is 11.7 Å². The molecular weight excluding hydrogens is 178 g/mol. The summed E-state index contributed by atoms with van der Waals surface area (Å²) in [5.41, 5.74) is 2.16. The Labute approximate surface area is 83.8 Å². The van der Waals surface area contributed by atoms with E-state index in [-0.39, 0.29) is 11.9 Å². The van der Waals surface area contributed by atoms with Gasteiger partial charge in [0.25, 0.3) is 0 Å². The van der Waals surface area contributed by atoms with Crippen LogP contribution in [0.15, 0.2) is 16.8 Å². The smallest absolute Gasteiger partial charge is 0.317 e. The van der Waals surface area contributed by atoms with Crippen LogP contribution >= 0.6 is 0 Å². The molecule has 0 saturated carbocycles. The molecule has 1 heterocycles. The Kier molecular flexibility index (Phi) is 2.17. The van der Waals surface area contributed by atoms with E-state index >= 15 is 0 Å². The van der Waals surface area contributed by atoms with Crippen molar-refractivity contribution in [3.8, 4) is 0 Å². The molecule has 3 atom stereocenters. The second-order valence-electron chi connectivity index (χ2n) is 4.35. The second kappa shape index (κ2) is 3.23. The van der Waals surface area contributed by atoms with Gasteiger partial charge in [-0.25, -0.2) is 4.79 Å². The number of carbonyl (C=O) groups is 1. The van der Waals surface area contributed by atoms with Crippen LogP contribution < -0.4 is 0 Å². The number of allylic oxidation sites excluding steroid dienone is 1. The molecule has 2 aliphatic rings. The first-order chi connectivity index (χ1) is 6.59. The van der Waals surface area contributed by atoms with Gasteiger partial charge in [-0.05, 0) is 25.2 Å². The Hall–Kier alpha value is -1.12. The summed E-state index contributed by atoms with van der Waals surface area (Å²) in [6, 6.07) is 0. The van der Waals surface area contributed by atoms with Crippen LogP contribution in [0.3, 0.4) is 0 Å². The molecule has 1 aliphatic carbocycles. The van der Waals surface area contributed by atoms with E-state index in [1.165, 1.54) is 5.57 Å². The number of fused-ring (bicyclic) bond motifs is 1. The van der Waals surface area contributed by atoms with Gasteiger partial charge in [-0.1, -0.05) is 30.7 Å². The molecule has 3 unspecified atom stereocenters. The molecule has 0 aromatic carbocycles. The van der Waals surface area contributed by atoms with Crippen molar-refractivity contribution in [1.29, 1.82) is 0 Å². The molecule has 14 heavy (non-hydrogen) atoms. The van der Waals surface area contributed by atoms with Gasteiger partial charge in [0.1, 0.15) is 5.92 Å². The molecule has 0 aromatic rings. The van der Waals surface area contributed by atoms with Gasteiger partial charge in [0, 0.05) is 0 Å². The summed E-state index contributed by atoms with van der Waals surface area (Å²) in [5, 5.41) is 3.84. The third-order valence-electron chi connectivity index (χ3n) is 3.40. The van der Waals surface area contributed by atoms with Crippen LogP contribution in [0.5, 0.6) is 0 Å². The Balaban J connectivity index is 2.34. The molecule has 0 aromatic heterocycles. The predicted octanol–water partition coefficient (Wildman–Crippen LogP) is 2.14. The molecule has 0 N–H and O–H groups in total. The third kappa shape index (κ3) is 1.37. The van der Waals surface area contributed by atoms with Crippen molar-refractivity contribution in [3.05, 3.63) is 11.6 Å². The monoisotopic (exact) mass is 193 g/mol. The van der Waals surface area contributed by atoms with Crippen molar-refractivity contribution in [2.24, 2.45) is 22.9 Å². The van der Waals surface area contributed by atoms with Gasteiger partial charge in [-0.3, -0.25) is 0 Å². The fourth-order valence-corrected chi connectivity index (χ4v) is 2.05. The molecular formula is C11H15NO2. The van der Waals surface area contributed by atoms with Crippen molar-refractivity contribution < 1.29 is 9.63 Å². The van der Waals surface area contributed by atoms with E-state index in [0.29, 0.717) is 11.8 Å². The Morgan fingerprint density at radius 1 is 1.50 bits per heavy atom. The number of hydrogen-bond acceptors (Lipinski definition) is 3. The summed E-state index contributed by atoms with van der Waals surface area (Å²) in [7, 11) is 0. The van der Waals surface area contributed by atoms with E-state index < -0.39 is 0 Å². The average molecular weight is 193 g/mol. The van der Waals surface area contributed by atoms with Gasteiger partial charge >= 0.3 is 5.97 Å². The fraction of sp³-hybridized carbons (Fsp3) is 0.636. The number of hydrogen-bond donors (Lipinski definition) is 0. The van der Waals surface area contributed by atoms with Crippen molar-refractivity contribution in [2.75, 3.05) is 0 Å². The van der Waals surface area contributed by atoms with Crippen LogP contribution in [-0.2, 0) is 9.63 Å². The lowest BCUT2D eigenvalue weighted by molar-refractivity contribution is -0.142. The summed E-state index contributed by atoms with van der Waals surface area (Å²) in [4.78, 5) is 16.0. The first kappa shape index (κ1) is 9.44. The summed E-state index contributed by atoms with van der Waals surface area (Å²) in [6.45, 7) is 6.47. The van der Waals surface area contributed by atoms with Gasteiger partial charge in [0.2, 0.25) is 0 Å². The lowest BCUT2D eigenvalue weighted by Crippen LogP contribution is -2.16. The maximum atomic E-state index is 11.3. The molecule has 0 bridgehead atoms. The predicted molar refractivity (Wildman–Crippen MR) is 53.7 cm³/mol. The fourth-order valence-electron chi connectivity index (χ4n) is 2.05. The average Bonchev–Trinajstić information content (AvgIpc) is 2.43. The number of carbonyl (C=O) groups excluding carboxylic acids is 1. The van der Waals surface area contributed by atoms with Gasteiger partial charge in [-0.15, -0.1) is 0 Å². The van der Waals surface area contributed by atoms with Crippen LogP contribution in [0, 0.1) is 17.8 Å². The maximum Gasteiger partial charge on any atom is 0.347 e. The Bertz CT molecular complexity index is 330. The zero-order valence-corrected chi connectivity index (χ0v) is 8.78. The maximum absolute atomic E-state index is 11.3. The number of oxime groups is 1. The summed E-state index contributed by atoms with van der Waals surface area (Å²) in [6.07, 6.45) is 2.87. The lowest BCUT2D eigenvalue weighted by Gasteiger charge is -2.17. The molecule has 0 fully saturated rings. The van der Waals surface area contributed by atoms with Crippen molar-refractivity contribution in [2.45, 2.75) is 27.2 Å². The minimum absolute atomic E-state index is 0.206. The lowest BCUT2D eigenvalue weighted by atomic mass is 9.88. The SMILES string of the molecule is CC1=CC2C(=O)ON=C2CC(C)C1C. The van der Waals surface area contributed by atoms with Crippen LogP contribution in [0.4, 0.5) is 0 Å². The van der Waals surface area contributed by atoms with E-state index in [9.17, 15) is 4.79 Å². The van der Waals surface area contributed by atoms with E-state index in [1.807, 2.05) is 6.08 Å². The molecule has 3 heteroatoms. The molecule has 0 amide bonds. The summed E-state index contributed by atoms with van der Waals surface area (Å²) >= 11 is 0. The summed E-state index contributed by atoms with van der Waals surface area (Å²) < 4.78 is 0. The minimum Gasteiger partial charge on any atom is -0.317 e. The van der Waals surface area contributed by atoms with Crippen LogP contribution in [0.1, 0.15) is 27.2 Å². The zero-order chi connectivity index (χ0) is 10.3. The Morgan fingerprint density at radius 2 is 2.21 bits per heavy atom. The van der Waals surface area contributed by atoms with Crippen molar-refractivity contribution in [3.63, 3.8) is 0 Å². The minimum atomic E-state index is -0.222. The van der Waals surface area contributed by atoms with E-state index in [2.05, 4.69) is 25.9 Å². The van der Waals surface area contributed by atoms with E-state index in [4.69, 9.17) is 4.84 Å². The highest BCUT2D eigenvalue weighted by Crippen LogP contribution is 2.32. The molecule has 0 radical (unpaired) electrons. The standard InChI is InChI=1S/C11H15NO2/c1-6-4-9-10(12-14-11(9)13)5-7(2)8(6)3/h4,7-9H,5H2,1-3H3. The molecule has 0 saturated heterocycles. The normalized spacial score (nSPS) is 36.8. The first-order valence-electron chi connectivity index (χ1n) is 5.05. The Morgan fingerprint density at radius 3 is 2.93 bits per heavy atom. The molecule has 76 valence electrons. The highest BCUT2D eigenvalue weighted by Gasteiger charge is 2.35. The highest BCUT2D eigenvalue weighted by molar-refractivity contribution is 6.07. The number of nitrogens with zero attached hydrogens (tertiary/aromatic N) is 1. The zero-order valence-electron chi connectivity index (χ0n) is 8.78. The van der Waals surface area contributed by atoms with Gasteiger partial charge in [-0.2, -0.15) is 0 Å².